The van der Waals surface area contributed by atoms with Gasteiger partial charge < -0.3 is 9.64 Å². The van der Waals surface area contributed by atoms with Gasteiger partial charge in [-0.3, -0.25) is 9.69 Å². The molecule has 1 heterocycles. The number of aryl methyl sites for hydroxylation is 2. The van der Waals surface area contributed by atoms with Gasteiger partial charge in [-0.15, -0.1) is 0 Å². The Kier molecular flexibility index (Phi) is 5.42. The van der Waals surface area contributed by atoms with E-state index in [0.29, 0.717) is 5.75 Å². The molecule has 1 amide bonds. The fourth-order valence-corrected chi connectivity index (χ4v) is 2.75. The van der Waals surface area contributed by atoms with E-state index < -0.39 is 18.1 Å². The molecule has 2 atom stereocenters. The Labute approximate surface area is 140 Å². The quantitative estimate of drug-likeness (QED) is 0.845. The summed E-state index contributed by atoms with van der Waals surface area (Å²) in [5, 5.41) is 0. The highest BCUT2D eigenvalue weighted by Crippen LogP contribution is 2.29. The van der Waals surface area contributed by atoms with E-state index in [-0.39, 0.29) is 25.7 Å². The first-order chi connectivity index (χ1) is 11.1. The molecule has 1 fully saturated rings. The summed E-state index contributed by atoms with van der Waals surface area (Å²) in [6.07, 6.45) is -4.36. The molecule has 4 nitrogen and oxygen atoms in total. The molecular formula is C17H23F3N2O2. The van der Waals surface area contributed by atoms with Crippen LogP contribution >= 0.6 is 0 Å². The molecule has 0 radical (unpaired) electrons. The van der Waals surface area contributed by atoms with Gasteiger partial charge in [0, 0.05) is 19.1 Å². The van der Waals surface area contributed by atoms with Crippen molar-refractivity contribution in [3.8, 4) is 5.75 Å². The van der Waals surface area contributed by atoms with Gasteiger partial charge >= 0.3 is 6.18 Å². The number of halogens is 3. The summed E-state index contributed by atoms with van der Waals surface area (Å²) in [4.78, 5) is 14.8. The SMILES string of the molecule is Cc1ccc(OCC(=O)N2CC(C)N(C)C(C(F)(F)F)C2)cc1C. The second-order valence-electron chi connectivity index (χ2n) is 6.41. The van der Waals surface area contributed by atoms with Crippen LogP contribution in [0.3, 0.4) is 0 Å². The van der Waals surface area contributed by atoms with Gasteiger partial charge in [0.2, 0.25) is 0 Å². The summed E-state index contributed by atoms with van der Waals surface area (Å²) in [5.41, 5.74) is 2.14. The van der Waals surface area contributed by atoms with Crippen LogP contribution in [-0.4, -0.2) is 60.7 Å². The number of amides is 1. The average molecular weight is 344 g/mol. The van der Waals surface area contributed by atoms with Crippen molar-refractivity contribution in [3.63, 3.8) is 0 Å². The highest BCUT2D eigenvalue weighted by atomic mass is 19.4. The van der Waals surface area contributed by atoms with E-state index in [4.69, 9.17) is 4.74 Å². The summed E-state index contributed by atoms with van der Waals surface area (Å²) < 4.78 is 44.8. The van der Waals surface area contributed by atoms with Crippen LogP contribution in [0, 0.1) is 13.8 Å². The van der Waals surface area contributed by atoms with Crippen molar-refractivity contribution in [3.05, 3.63) is 29.3 Å². The van der Waals surface area contributed by atoms with Crippen molar-refractivity contribution in [1.82, 2.24) is 9.80 Å². The molecule has 1 aromatic carbocycles. The number of hydrogen-bond donors (Lipinski definition) is 0. The number of piperazine rings is 1. The number of rotatable bonds is 3. The Bertz CT molecular complexity index is 604. The Hall–Kier alpha value is -1.76. The fourth-order valence-electron chi connectivity index (χ4n) is 2.75. The minimum absolute atomic E-state index is 0.260. The lowest BCUT2D eigenvalue weighted by Gasteiger charge is -2.44. The molecule has 1 aliphatic rings. The molecule has 24 heavy (non-hydrogen) atoms. The number of carbonyl (C=O) groups excluding carboxylic acids is 1. The predicted molar refractivity (Wildman–Crippen MR) is 85.1 cm³/mol. The molecule has 2 unspecified atom stereocenters. The topological polar surface area (TPSA) is 32.8 Å². The first-order valence-corrected chi connectivity index (χ1v) is 7.86. The van der Waals surface area contributed by atoms with Gasteiger partial charge in [0.05, 0.1) is 0 Å². The zero-order valence-electron chi connectivity index (χ0n) is 14.4. The molecule has 1 aromatic rings. The molecule has 0 aromatic heterocycles. The van der Waals surface area contributed by atoms with Crippen molar-refractivity contribution < 1.29 is 22.7 Å². The summed E-state index contributed by atoms with van der Waals surface area (Å²) in [6, 6.07) is 3.43. The molecular weight excluding hydrogens is 321 g/mol. The van der Waals surface area contributed by atoms with E-state index >= 15 is 0 Å². The zero-order valence-corrected chi connectivity index (χ0v) is 14.4. The number of alkyl halides is 3. The third-order valence-electron chi connectivity index (χ3n) is 4.64. The maximum absolute atomic E-state index is 13.1. The Morgan fingerprint density at radius 1 is 1.25 bits per heavy atom. The van der Waals surface area contributed by atoms with Gasteiger partial charge in [0.1, 0.15) is 11.8 Å². The summed E-state index contributed by atoms with van der Waals surface area (Å²) in [7, 11) is 1.44. The summed E-state index contributed by atoms with van der Waals surface area (Å²) >= 11 is 0. The van der Waals surface area contributed by atoms with Crippen molar-refractivity contribution in [2.24, 2.45) is 0 Å². The molecule has 7 heteroatoms. The molecule has 0 aliphatic carbocycles. The largest absolute Gasteiger partial charge is 0.484 e. The van der Waals surface area contributed by atoms with Gasteiger partial charge in [-0.2, -0.15) is 13.2 Å². The fraction of sp³-hybridized carbons (Fsp3) is 0.588. The third-order valence-corrected chi connectivity index (χ3v) is 4.64. The molecule has 1 saturated heterocycles. The number of likely N-dealkylation sites (N-methyl/N-ethyl adjacent to an activating group) is 1. The maximum Gasteiger partial charge on any atom is 0.405 e. The molecule has 1 aliphatic heterocycles. The lowest BCUT2D eigenvalue weighted by Crippen LogP contribution is -2.62. The first kappa shape index (κ1) is 18.6. The molecule has 2 rings (SSSR count). The van der Waals surface area contributed by atoms with Crippen molar-refractivity contribution in [2.75, 3.05) is 26.7 Å². The van der Waals surface area contributed by atoms with Gasteiger partial charge in [-0.25, -0.2) is 0 Å². The standard InChI is InChI=1S/C17H23F3N2O2/c1-11-5-6-14(7-12(11)2)24-10-16(23)22-8-13(3)21(4)15(9-22)17(18,19)20/h5-7,13,15H,8-10H2,1-4H3. The van der Waals surface area contributed by atoms with Crippen LogP contribution in [0.15, 0.2) is 18.2 Å². The van der Waals surface area contributed by atoms with Gasteiger partial charge in [-0.1, -0.05) is 6.07 Å². The maximum atomic E-state index is 13.1. The predicted octanol–water partition coefficient (Wildman–Crippen LogP) is 2.78. The van der Waals surface area contributed by atoms with Crippen LogP contribution < -0.4 is 4.74 Å². The third kappa shape index (κ3) is 4.20. The first-order valence-electron chi connectivity index (χ1n) is 7.86. The number of nitrogens with zero attached hydrogens (tertiary/aromatic N) is 2. The molecule has 0 saturated carbocycles. The van der Waals surface area contributed by atoms with E-state index in [2.05, 4.69) is 0 Å². The molecule has 0 spiro atoms. The summed E-state index contributed by atoms with van der Waals surface area (Å²) in [5.74, 6) is 0.114. The van der Waals surface area contributed by atoms with Crippen molar-refractivity contribution in [2.45, 2.75) is 39.0 Å². The number of carbonyl (C=O) groups is 1. The number of ether oxygens (including phenoxy) is 1. The van der Waals surface area contributed by atoms with Gasteiger partial charge in [0.25, 0.3) is 5.91 Å². The van der Waals surface area contributed by atoms with Crippen LogP contribution in [0.4, 0.5) is 13.2 Å². The minimum Gasteiger partial charge on any atom is -0.484 e. The zero-order chi connectivity index (χ0) is 18.1. The van der Waals surface area contributed by atoms with E-state index in [0.717, 1.165) is 11.1 Å². The lowest BCUT2D eigenvalue weighted by atomic mass is 10.1. The summed E-state index contributed by atoms with van der Waals surface area (Å²) in [6.45, 7) is 5.22. The molecule has 134 valence electrons. The van der Waals surface area contributed by atoms with Gasteiger partial charge in [-0.05, 0) is 51.1 Å². The van der Waals surface area contributed by atoms with Gasteiger partial charge in [0.15, 0.2) is 6.61 Å². The smallest absolute Gasteiger partial charge is 0.405 e. The van der Waals surface area contributed by atoms with E-state index in [1.165, 1.54) is 16.8 Å². The van der Waals surface area contributed by atoms with Crippen LogP contribution in [0.1, 0.15) is 18.1 Å². The number of benzene rings is 1. The second-order valence-corrected chi connectivity index (χ2v) is 6.41. The molecule has 0 bridgehead atoms. The van der Waals surface area contributed by atoms with Crippen molar-refractivity contribution >= 4 is 5.91 Å². The van der Waals surface area contributed by atoms with Crippen molar-refractivity contribution in [1.29, 1.82) is 0 Å². The normalized spacial score (nSPS) is 22.5. The average Bonchev–Trinajstić information content (AvgIpc) is 2.49. The Balaban J connectivity index is 1.99. The lowest BCUT2D eigenvalue weighted by molar-refractivity contribution is -0.201. The van der Waals surface area contributed by atoms with E-state index in [1.807, 2.05) is 26.0 Å². The van der Waals surface area contributed by atoms with E-state index in [9.17, 15) is 18.0 Å². The highest BCUT2D eigenvalue weighted by molar-refractivity contribution is 5.78. The van der Waals surface area contributed by atoms with Crippen LogP contribution in [0.2, 0.25) is 0 Å². The molecule has 0 N–H and O–H groups in total. The Morgan fingerprint density at radius 3 is 2.50 bits per heavy atom. The second kappa shape index (κ2) is 7.01. The monoisotopic (exact) mass is 344 g/mol. The number of hydrogen-bond acceptors (Lipinski definition) is 3. The van der Waals surface area contributed by atoms with E-state index in [1.54, 1.807) is 13.0 Å². The van der Waals surface area contributed by atoms with Crippen LogP contribution in [-0.2, 0) is 4.79 Å². The minimum atomic E-state index is -4.36. The Morgan fingerprint density at radius 2 is 1.92 bits per heavy atom. The van der Waals surface area contributed by atoms with Crippen LogP contribution in [0.5, 0.6) is 5.75 Å². The van der Waals surface area contributed by atoms with Crippen LogP contribution in [0.25, 0.3) is 0 Å². The highest BCUT2D eigenvalue weighted by Gasteiger charge is 2.47.